The monoisotopic (exact) mass is 400 g/mol. The van der Waals surface area contributed by atoms with Gasteiger partial charge in [0.15, 0.2) is 24.1 Å². The summed E-state index contributed by atoms with van der Waals surface area (Å²) < 4.78 is 44.1. The highest BCUT2D eigenvalue weighted by Gasteiger charge is 2.19. The second-order valence-electron chi connectivity index (χ2n) is 4.99. The quantitative estimate of drug-likeness (QED) is 0.262. The average Bonchev–Trinajstić information content (AvgIpc) is 2.65. The first-order valence-corrected chi connectivity index (χ1v) is 8.40. The van der Waals surface area contributed by atoms with Gasteiger partial charge in [-0.3, -0.25) is 14.9 Å². The van der Waals surface area contributed by atoms with Gasteiger partial charge in [0, 0.05) is 6.07 Å². The van der Waals surface area contributed by atoms with Crippen molar-refractivity contribution in [3.63, 3.8) is 0 Å². The molecule has 0 atom stereocenters. The van der Waals surface area contributed by atoms with Crippen molar-refractivity contribution in [2.24, 2.45) is 0 Å². The van der Waals surface area contributed by atoms with Crippen LogP contribution in [0.25, 0.3) is 0 Å². The lowest BCUT2D eigenvalue weighted by atomic mass is 10.2. The summed E-state index contributed by atoms with van der Waals surface area (Å²) in [5.74, 6) is -6.81. The lowest BCUT2D eigenvalue weighted by Gasteiger charge is -2.08. The van der Waals surface area contributed by atoms with Crippen LogP contribution in [0, 0.1) is 27.6 Å². The molecular formula is C16H11F3N2O5S. The van der Waals surface area contributed by atoms with Gasteiger partial charge in [0.05, 0.1) is 21.1 Å². The first-order chi connectivity index (χ1) is 12.7. The van der Waals surface area contributed by atoms with Gasteiger partial charge in [0.2, 0.25) is 0 Å². The first-order valence-electron chi connectivity index (χ1n) is 7.17. The second kappa shape index (κ2) is 8.54. The van der Waals surface area contributed by atoms with Crippen LogP contribution in [0.3, 0.4) is 0 Å². The van der Waals surface area contributed by atoms with Gasteiger partial charge in [-0.1, -0.05) is 0 Å². The zero-order valence-electron chi connectivity index (χ0n) is 13.6. The number of nitro groups is 1. The molecule has 0 bridgehead atoms. The number of nitrogens with one attached hydrogen (secondary N) is 1. The second-order valence-corrected chi connectivity index (χ2v) is 5.84. The van der Waals surface area contributed by atoms with Gasteiger partial charge in [-0.2, -0.15) is 0 Å². The van der Waals surface area contributed by atoms with E-state index in [1.54, 1.807) is 6.26 Å². The molecule has 7 nitrogen and oxygen atoms in total. The summed E-state index contributed by atoms with van der Waals surface area (Å²) in [4.78, 5) is 34.3. The fourth-order valence-corrected chi connectivity index (χ4v) is 2.53. The van der Waals surface area contributed by atoms with Gasteiger partial charge in [-0.25, -0.2) is 18.0 Å². The molecule has 0 aliphatic carbocycles. The van der Waals surface area contributed by atoms with Crippen molar-refractivity contribution >= 4 is 35.0 Å². The molecule has 0 fully saturated rings. The molecule has 11 heteroatoms. The van der Waals surface area contributed by atoms with Crippen molar-refractivity contribution in [2.45, 2.75) is 4.90 Å². The Morgan fingerprint density at radius 1 is 1.19 bits per heavy atom. The molecule has 1 N–H and O–H groups in total. The Kier molecular flexibility index (Phi) is 6.40. The van der Waals surface area contributed by atoms with Crippen LogP contribution in [0.4, 0.5) is 24.5 Å². The van der Waals surface area contributed by atoms with E-state index in [0.717, 1.165) is 23.9 Å². The third-order valence-electron chi connectivity index (χ3n) is 3.25. The molecule has 2 aromatic carbocycles. The summed E-state index contributed by atoms with van der Waals surface area (Å²) in [5, 5.41) is 12.9. The minimum atomic E-state index is -1.76. The van der Waals surface area contributed by atoms with Crippen LogP contribution in [0.5, 0.6) is 0 Å². The van der Waals surface area contributed by atoms with Crippen molar-refractivity contribution in [2.75, 3.05) is 18.2 Å². The maximum Gasteiger partial charge on any atom is 0.338 e. The first kappa shape index (κ1) is 20.2. The zero-order chi connectivity index (χ0) is 20.1. The number of nitrogens with zero attached hydrogens (tertiary/aromatic N) is 1. The maximum atomic E-state index is 13.5. The highest BCUT2D eigenvalue weighted by molar-refractivity contribution is 7.98. The minimum absolute atomic E-state index is 0.161. The van der Waals surface area contributed by atoms with Crippen LogP contribution in [0.2, 0.25) is 0 Å². The number of nitro benzene ring substituents is 1. The lowest BCUT2D eigenvalue weighted by Crippen LogP contribution is -2.21. The number of hydrogen-bond acceptors (Lipinski definition) is 6. The number of hydrogen-bond donors (Lipinski definition) is 1. The molecule has 142 valence electrons. The highest BCUT2D eigenvalue weighted by Crippen LogP contribution is 2.28. The lowest BCUT2D eigenvalue weighted by molar-refractivity contribution is -0.387. The molecule has 2 rings (SSSR count). The van der Waals surface area contributed by atoms with Gasteiger partial charge in [0.25, 0.3) is 11.6 Å². The Morgan fingerprint density at radius 2 is 1.89 bits per heavy atom. The SMILES string of the molecule is CSc1ccc(C(=O)OCC(=O)Nc2ccc(F)c(F)c2F)cc1[N+](=O)[O-]. The van der Waals surface area contributed by atoms with Crippen molar-refractivity contribution in [3.05, 3.63) is 63.5 Å². The number of amides is 1. The maximum absolute atomic E-state index is 13.5. The van der Waals surface area contributed by atoms with Crippen LogP contribution in [0.1, 0.15) is 10.4 Å². The molecular weight excluding hydrogens is 389 g/mol. The molecule has 0 aromatic heterocycles. The van der Waals surface area contributed by atoms with E-state index in [4.69, 9.17) is 4.74 Å². The molecule has 0 unspecified atom stereocenters. The Hall–Kier alpha value is -3.08. The fraction of sp³-hybridized carbons (Fsp3) is 0.125. The summed E-state index contributed by atoms with van der Waals surface area (Å²) in [6, 6.07) is 5.07. The molecule has 2 aromatic rings. The summed E-state index contributed by atoms with van der Waals surface area (Å²) in [6.45, 7) is -0.866. The van der Waals surface area contributed by atoms with Gasteiger partial charge in [-0.15, -0.1) is 11.8 Å². The van der Waals surface area contributed by atoms with Crippen LogP contribution >= 0.6 is 11.8 Å². The van der Waals surface area contributed by atoms with Crippen LogP contribution in [0.15, 0.2) is 35.2 Å². The molecule has 0 heterocycles. The summed E-state index contributed by atoms with van der Waals surface area (Å²) in [6.07, 6.45) is 1.63. The van der Waals surface area contributed by atoms with E-state index >= 15 is 0 Å². The van der Waals surface area contributed by atoms with Crippen molar-refractivity contribution in [3.8, 4) is 0 Å². The molecule has 27 heavy (non-hydrogen) atoms. The van der Waals surface area contributed by atoms with E-state index in [-0.39, 0.29) is 11.3 Å². The summed E-state index contributed by atoms with van der Waals surface area (Å²) in [5.41, 5.74) is -1.09. The van der Waals surface area contributed by atoms with Crippen LogP contribution < -0.4 is 5.32 Å². The Morgan fingerprint density at radius 3 is 2.52 bits per heavy atom. The number of halogens is 3. The molecule has 0 spiro atoms. The van der Waals surface area contributed by atoms with Crippen molar-refractivity contribution < 1.29 is 32.4 Å². The molecule has 0 saturated carbocycles. The number of rotatable bonds is 6. The number of ether oxygens (including phenoxy) is 1. The van der Waals surface area contributed by atoms with E-state index in [1.165, 1.54) is 12.1 Å². The summed E-state index contributed by atoms with van der Waals surface area (Å²) in [7, 11) is 0. The van der Waals surface area contributed by atoms with Crippen LogP contribution in [-0.2, 0) is 9.53 Å². The predicted molar refractivity (Wildman–Crippen MR) is 90.1 cm³/mol. The molecule has 0 saturated heterocycles. The van der Waals surface area contributed by atoms with Gasteiger partial charge in [-0.05, 0) is 30.5 Å². The molecule has 1 amide bonds. The Balaban J connectivity index is 2.03. The largest absolute Gasteiger partial charge is 0.452 e. The third-order valence-corrected chi connectivity index (χ3v) is 4.04. The highest BCUT2D eigenvalue weighted by atomic mass is 32.2. The normalized spacial score (nSPS) is 10.4. The fourth-order valence-electron chi connectivity index (χ4n) is 1.98. The smallest absolute Gasteiger partial charge is 0.338 e. The standard InChI is InChI=1S/C16H11F3N2O5S/c1-27-12-5-2-8(6-11(12)21(24)25)16(23)26-7-13(22)20-10-4-3-9(17)14(18)15(10)19/h2-6H,7H2,1H3,(H,20,22). The number of carbonyl (C=O) groups excluding carboxylic acids is 2. The molecule has 0 aliphatic heterocycles. The number of anilines is 1. The van der Waals surface area contributed by atoms with E-state index in [1.807, 2.05) is 5.32 Å². The Bertz CT molecular complexity index is 923. The molecule has 0 aliphatic rings. The third kappa shape index (κ3) is 4.76. The Labute approximate surface area is 154 Å². The predicted octanol–water partition coefficient (Wildman–Crippen LogP) is 3.53. The zero-order valence-corrected chi connectivity index (χ0v) is 14.4. The van der Waals surface area contributed by atoms with Crippen molar-refractivity contribution in [1.29, 1.82) is 0 Å². The van der Waals surface area contributed by atoms with E-state index in [9.17, 15) is 32.9 Å². The number of esters is 1. The number of thioether (sulfide) groups is 1. The minimum Gasteiger partial charge on any atom is -0.452 e. The summed E-state index contributed by atoms with van der Waals surface area (Å²) >= 11 is 1.12. The van der Waals surface area contributed by atoms with Gasteiger partial charge in [0.1, 0.15) is 0 Å². The van der Waals surface area contributed by atoms with Gasteiger partial charge < -0.3 is 10.1 Å². The molecule has 0 radical (unpaired) electrons. The van der Waals surface area contributed by atoms with E-state index < -0.39 is 46.5 Å². The van der Waals surface area contributed by atoms with Gasteiger partial charge >= 0.3 is 5.97 Å². The average molecular weight is 400 g/mol. The topological polar surface area (TPSA) is 98.5 Å². The van der Waals surface area contributed by atoms with Crippen molar-refractivity contribution in [1.82, 2.24) is 0 Å². The number of benzene rings is 2. The van der Waals surface area contributed by atoms with Crippen LogP contribution in [-0.4, -0.2) is 29.7 Å². The van der Waals surface area contributed by atoms with E-state index in [0.29, 0.717) is 11.0 Å². The van der Waals surface area contributed by atoms with E-state index in [2.05, 4.69) is 0 Å². The number of carbonyl (C=O) groups is 2.